The highest BCUT2D eigenvalue weighted by Gasteiger charge is 2.26. The normalized spacial score (nSPS) is 17.3. The maximum absolute atomic E-state index is 12.4. The third kappa shape index (κ3) is 4.26. The molecule has 0 saturated carbocycles. The van der Waals surface area contributed by atoms with Crippen LogP contribution in [0, 0.1) is 12.8 Å². The third-order valence-corrected chi connectivity index (χ3v) is 5.31. The van der Waals surface area contributed by atoms with E-state index in [2.05, 4.69) is 34.6 Å². The van der Waals surface area contributed by atoms with E-state index in [9.17, 15) is 4.79 Å². The number of hydrogen-bond acceptors (Lipinski definition) is 3. The SMILES string of the molecule is Cc1cnccc1NC(=O)N1CC[C@@H](CSc2ccccc2)C1. The number of likely N-dealkylation sites (tertiary alicyclic amines) is 1. The zero-order valence-corrected chi connectivity index (χ0v) is 14.1. The molecule has 1 atom stereocenters. The van der Waals surface area contributed by atoms with Gasteiger partial charge in [-0.1, -0.05) is 18.2 Å². The van der Waals surface area contributed by atoms with Crippen molar-refractivity contribution in [2.45, 2.75) is 18.2 Å². The maximum atomic E-state index is 12.4. The van der Waals surface area contributed by atoms with Crippen molar-refractivity contribution in [3.63, 3.8) is 0 Å². The summed E-state index contributed by atoms with van der Waals surface area (Å²) < 4.78 is 0. The molecular formula is C18H21N3OS. The molecule has 4 nitrogen and oxygen atoms in total. The summed E-state index contributed by atoms with van der Waals surface area (Å²) in [7, 11) is 0. The van der Waals surface area contributed by atoms with E-state index < -0.39 is 0 Å². The molecule has 2 amide bonds. The molecule has 1 fully saturated rings. The van der Waals surface area contributed by atoms with Crippen LogP contribution >= 0.6 is 11.8 Å². The Hall–Kier alpha value is -2.01. The lowest BCUT2D eigenvalue weighted by atomic mass is 10.2. The van der Waals surface area contributed by atoms with E-state index in [0.29, 0.717) is 5.92 Å². The second kappa shape index (κ2) is 7.51. The van der Waals surface area contributed by atoms with Gasteiger partial charge in [0.15, 0.2) is 0 Å². The number of nitrogens with zero attached hydrogens (tertiary/aromatic N) is 2. The molecule has 0 bridgehead atoms. The number of aryl methyl sites for hydroxylation is 1. The van der Waals surface area contributed by atoms with Crippen LogP contribution in [0.25, 0.3) is 0 Å². The highest BCUT2D eigenvalue weighted by atomic mass is 32.2. The van der Waals surface area contributed by atoms with Crippen LogP contribution in [-0.4, -0.2) is 34.8 Å². The van der Waals surface area contributed by atoms with Crippen molar-refractivity contribution < 1.29 is 4.79 Å². The van der Waals surface area contributed by atoms with E-state index in [1.807, 2.05) is 35.7 Å². The van der Waals surface area contributed by atoms with E-state index in [0.717, 1.165) is 36.5 Å². The Kier molecular flexibility index (Phi) is 5.18. The number of rotatable bonds is 4. The van der Waals surface area contributed by atoms with Crippen molar-refractivity contribution in [2.24, 2.45) is 5.92 Å². The number of nitrogens with one attached hydrogen (secondary N) is 1. The molecule has 1 aliphatic rings. The van der Waals surface area contributed by atoms with Gasteiger partial charge in [-0.15, -0.1) is 11.8 Å². The lowest BCUT2D eigenvalue weighted by molar-refractivity contribution is 0.221. The van der Waals surface area contributed by atoms with Crippen LogP contribution < -0.4 is 5.32 Å². The first-order chi connectivity index (χ1) is 11.2. The molecule has 1 aromatic carbocycles. The van der Waals surface area contributed by atoms with Crippen molar-refractivity contribution in [1.29, 1.82) is 0 Å². The first-order valence-electron chi connectivity index (χ1n) is 7.87. The molecular weight excluding hydrogens is 306 g/mol. The topological polar surface area (TPSA) is 45.2 Å². The summed E-state index contributed by atoms with van der Waals surface area (Å²) in [4.78, 5) is 19.6. The average molecular weight is 327 g/mol. The van der Waals surface area contributed by atoms with Crippen molar-refractivity contribution >= 4 is 23.5 Å². The molecule has 0 radical (unpaired) electrons. The molecule has 1 aromatic heterocycles. The number of carbonyl (C=O) groups excluding carboxylic acids is 1. The Labute approximate surface area is 141 Å². The van der Waals surface area contributed by atoms with E-state index in [1.54, 1.807) is 12.4 Å². The van der Waals surface area contributed by atoms with Crippen molar-refractivity contribution in [3.05, 3.63) is 54.4 Å². The Morgan fingerprint density at radius 2 is 2.17 bits per heavy atom. The summed E-state index contributed by atoms with van der Waals surface area (Å²) in [5, 5.41) is 2.99. The van der Waals surface area contributed by atoms with Gasteiger partial charge in [0.2, 0.25) is 0 Å². The van der Waals surface area contributed by atoms with Gasteiger partial charge in [0.1, 0.15) is 0 Å². The smallest absolute Gasteiger partial charge is 0.321 e. The predicted octanol–water partition coefficient (Wildman–Crippen LogP) is 4.04. The minimum absolute atomic E-state index is 0.00786. The number of aromatic nitrogens is 1. The van der Waals surface area contributed by atoms with Crippen LogP contribution in [0.3, 0.4) is 0 Å². The molecule has 0 spiro atoms. The zero-order chi connectivity index (χ0) is 16.1. The Morgan fingerprint density at radius 3 is 2.96 bits per heavy atom. The van der Waals surface area contributed by atoms with Gasteiger partial charge in [-0.25, -0.2) is 4.79 Å². The molecule has 1 N–H and O–H groups in total. The monoisotopic (exact) mass is 327 g/mol. The highest BCUT2D eigenvalue weighted by molar-refractivity contribution is 7.99. The molecule has 120 valence electrons. The van der Waals surface area contributed by atoms with E-state index in [1.165, 1.54) is 4.90 Å². The molecule has 0 unspecified atom stereocenters. The van der Waals surface area contributed by atoms with Gasteiger partial charge in [-0.2, -0.15) is 0 Å². The number of anilines is 1. The largest absolute Gasteiger partial charge is 0.324 e. The van der Waals surface area contributed by atoms with Crippen molar-refractivity contribution in [3.8, 4) is 0 Å². The van der Waals surface area contributed by atoms with Gasteiger partial charge in [-0.3, -0.25) is 4.98 Å². The fourth-order valence-electron chi connectivity index (χ4n) is 2.69. The van der Waals surface area contributed by atoms with Crippen LogP contribution in [0.5, 0.6) is 0 Å². The van der Waals surface area contributed by atoms with Gasteiger partial charge in [0.25, 0.3) is 0 Å². The van der Waals surface area contributed by atoms with Gasteiger partial charge in [-0.05, 0) is 43.0 Å². The summed E-state index contributed by atoms with van der Waals surface area (Å²) in [6.07, 6.45) is 4.54. The quantitative estimate of drug-likeness (QED) is 0.862. The van der Waals surface area contributed by atoms with E-state index >= 15 is 0 Å². The van der Waals surface area contributed by atoms with Gasteiger partial charge in [0.05, 0.1) is 0 Å². The van der Waals surface area contributed by atoms with Crippen LogP contribution in [0.2, 0.25) is 0 Å². The van der Waals surface area contributed by atoms with Crippen LogP contribution in [-0.2, 0) is 0 Å². The number of urea groups is 1. The summed E-state index contributed by atoms with van der Waals surface area (Å²) in [6, 6.07) is 12.3. The summed E-state index contributed by atoms with van der Waals surface area (Å²) in [6.45, 7) is 3.61. The number of pyridine rings is 1. The Balaban J connectivity index is 1.49. The molecule has 1 aliphatic heterocycles. The van der Waals surface area contributed by atoms with Crippen LogP contribution in [0.1, 0.15) is 12.0 Å². The summed E-state index contributed by atoms with van der Waals surface area (Å²) in [5.74, 6) is 1.62. The highest BCUT2D eigenvalue weighted by Crippen LogP contribution is 2.26. The lowest BCUT2D eigenvalue weighted by Gasteiger charge is -2.18. The standard InChI is InChI=1S/C18H21N3OS/c1-14-11-19-9-7-17(14)20-18(22)21-10-8-15(12-21)13-23-16-5-3-2-4-6-16/h2-7,9,11,15H,8,10,12-13H2,1H3,(H,19,20,22)/t15-/m1/s1. The summed E-state index contributed by atoms with van der Waals surface area (Å²) in [5.41, 5.74) is 1.82. The van der Waals surface area contributed by atoms with Crippen molar-refractivity contribution in [2.75, 3.05) is 24.2 Å². The molecule has 3 rings (SSSR count). The number of thioether (sulfide) groups is 1. The minimum atomic E-state index is -0.00786. The van der Waals surface area contributed by atoms with Crippen LogP contribution in [0.15, 0.2) is 53.7 Å². The fraction of sp³-hybridized carbons (Fsp3) is 0.333. The third-order valence-electron chi connectivity index (χ3n) is 4.06. The van der Waals surface area contributed by atoms with Crippen LogP contribution in [0.4, 0.5) is 10.5 Å². The zero-order valence-electron chi connectivity index (χ0n) is 13.2. The first-order valence-corrected chi connectivity index (χ1v) is 8.85. The Morgan fingerprint density at radius 1 is 1.35 bits per heavy atom. The molecule has 23 heavy (non-hydrogen) atoms. The Bertz CT molecular complexity index is 662. The van der Waals surface area contributed by atoms with E-state index in [4.69, 9.17) is 0 Å². The van der Waals surface area contributed by atoms with Gasteiger partial charge in [0, 0.05) is 41.8 Å². The number of carbonyl (C=O) groups is 1. The average Bonchev–Trinajstić information content (AvgIpc) is 3.05. The van der Waals surface area contributed by atoms with E-state index in [-0.39, 0.29) is 6.03 Å². The first kappa shape index (κ1) is 15.9. The fourth-order valence-corrected chi connectivity index (χ4v) is 3.74. The number of amides is 2. The number of hydrogen-bond donors (Lipinski definition) is 1. The molecule has 2 aromatic rings. The van der Waals surface area contributed by atoms with Crippen molar-refractivity contribution in [1.82, 2.24) is 9.88 Å². The maximum Gasteiger partial charge on any atom is 0.321 e. The van der Waals surface area contributed by atoms with Gasteiger partial charge < -0.3 is 10.2 Å². The molecule has 1 saturated heterocycles. The summed E-state index contributed by atoms with van der Waals surface area (Å²) >= 11 is 1.87. The predicted molar refractivity (Wildman–Crippen MR) is 94.8 cm³/mol. The minimum Gasteiger partial charge on any atom is -0.324 e. The number of benzene rings is 1. The second-order valence-corrected chi connectivity index (χ2v) is 6.94. The molecule has 5 heteroatoms. The molecule has 0 aliphatic carbocycles. The molecule has 2 heterocycles. The lowest BCUT2D eigenvalue weighted by Crippen LogP contribution is -2.33. The second-order valence-electron chi connectivity index (χ2n) is 5.85. The van der Waals surface area contributed by atoms with Gasteiger partial charge >= 0.3 is 6.03 Å².